The molecule has 8 heteroatoms. The van der Waals surface area contributed by atoms with E-state index in [9.17, 15) is 19.2 Å². The highest BCUT2D eigenvalue weighted by Gasteiger charge is 2.77. The minimum Gasteiger partial charge on any atom is -0.459 e. The van der Waals surface area contributed by atoms with Crippen molar-refractivity contribution in [3.63, 3.8) is 0 Å². The minimum absolute atomic E-state index is 0.244. The van der Waals surface area contributed by atoms with Crippen molar-refractivity contribution in [3.8, 4) is 0 Å². The van der Waals surface area contributed by atoms with Crippen molar-refractivity contribution >= 4 is 23.9 Å². The molecule has 8 nitrogen and oxygen atoms in total. The lowest BCUT2D eigenvalue weighted by Gasteiger charge is -2.67. The van der Waals surface area contributed by atoms with Crippen LogP contribution in [0.3, 0.4) is 0 Å². The summed E-state index contributed by atoms with van der Waals surface area (Å²) in [5.74, 6) is -1.43. The molecular weight excluding hydrogens is 584 g/mol. The summed E-state index contributed by atoms with van der Waals surface area (Å²) in [5.41, 5.74) is -7.14. The molecule has 0 radical (unpaired) electrons. The molecule has 0 amide bonds. The third-order valence-electron chi connectivity index (χ3n) is 13.5. The van der Waals surface area contributed by atoms with E-state index in [1.807, 2.05) is 34.6 Å². The van der Waals surface area contributed by atoms with Crippen molar-refractivity contribution in [1.29, 1.82) is 0 Å². The van der Waals surface area contributed by atoms with Gasteiger partial charge in [-0.2, -0.15) is 0 Å². The second-order valence-corrected chi connectivity index (χ2v) is 17.9. The van der Waals surface area contributed by atoms with E-state index in [0.29, 0.717) is 6.42 Å². The number of hydrogen-bond donors (Lipinski definition) is 0. The maximum absolute atomic E-state index is 14.8. The van der Waals surface area contributed by atoms with Crippen LogP contribution < -0.4 is 0 Å². The summed E-state index contributed by atoms with van der Waals surface area (Å²) >= 11 is 0. The van der Waals surface area contributed by atoms with Crippen molar-refractivity contribution in [2.45, 2.75) is 192 Å². The summed E-state index contributed by atoms with van der Waals surface area (Å²) in [6.45, 7) is 11.7. The maximum Gasteiger partial charge on any atom is 0.312 e. The molecule has 0 saturated heterocycles. The Morgan fingerprint density at radius 1 is 0.543 bits per heavy atom. The zero-order chi connectivity index (χ0) is 33.3. The fourth-order valence-corrected chi connectivity index (χ4v) is 10.7. The minimum atomic E-state index is -1.18. The predicted octanol–water partition coefficient (Wildman–Crippen LogP) is 8.06. The van der Waals surface area contributed by atoms with Gasteiger partial charge in [0.15, 0.2) is 0 Å². The third-order valence-corrected chi connectivity index (χ3v) is 13.5. The topological polar surface area (TPSA) is 105 Å². The van der Waals surface area contributed by atoms with Crippen LogP contribution in [0.1, 0.15) is 170 Å². The average molecular weight is 643 g/mol. The van der Waals surface area contributed by atoms with Crippen molar-refractivity contribution in [2.24, 2.45) is 21.7 Å². The first-order valence-corrected chi connectivity index (χ1v) is 18.4. The van der Waals surface area contributed by atoms with Crippen LogP contribution in [0.25, 0.3) is 0 Å². The van der Waals surface area contributed by atoms with Gasteiger partial charge in [-0.3, -0.25) is 19.2 Å². The van der Waals surface area contributed by atoms with Crippen LogP contribution in [0, 0.1) is 21.7 Å². The van der Waals surface area contributed by atoms with E-state index in [-0.39, 0.29) is 62.4 Å². The molecule has 258 valence electrons. The van der Waals surface area contributed by atoms with Gasteiger partial charge in [0, 0.05) is 19.3 Å². The molecule has 7 rings (SSSR count). The summed E-state index contributed by atoms with van der Waals surface area (Å²) in [6, 6.07) is 0. The first-order valence-electron chi connectivity index (χ1n) is 18.4. The van der Waals surface area contributed by atoms with Crippen LogP contribution in [0.4, 0.5) is 0 Å². The van der Waals surface area contributed by atoms with E-state index < -0.39 is 44.1 Å². The molecular formula is C38H58O8. The monoisotopic (exact) mass is 642 g/mol. The van der Waals surface area contributed by atoms with E-state index >= 15 is 0 Å². The highest BCUT2D eigenvalue weighted by atomic mass is 16.6. The van der Waals surface area contributed by atoms with E-state index in [1.54, 1.807) is 0 Å². The van der Waals surface area contributed by atoms with Gasteiger partial charge in [0.25, 0.3) is 0 Å². The van der Waals surface area contributed by atoms with Gasteiger partial charge < -0.3 is 18.9 Å². The van der Waals surface area contributed by atoms with Crippen molar-refractivity contribution in [2.75, 3.05) is 0 Å². The summed E-state index contributed by atoms with van der Waals surface area (Å²) in [7, 11) is 0. The number of rotatable bonds is 10. The van der Waals surface area contributed by atoms with Gasteiger partial charge in [0.05, 0.1) is 21.7 Å². The highest BCUT2D eigenvalue weighted by Crippen LogP contribution is 2.73. The first-order chi connectivity index (χ1) is 21.5. The molecule has 0 spiro atoms. The molecule has 0 N–H and O–H groups in total. The smallest absolute Gasteiger partial charge is 0.312 e. The standard InChI is InChI=1S/C38H58O8/c1-7-31(3,4)27(39)45-38-24-34(28(40)43-32(5)15-9-10-16-32)21-35(25-38,29(41)44-33(6)17-11-12-18-33)23-36(22-34,26-38)30(42)46-37(8-2)19-13-14-20-37/h7-26H2,1-6H3. The molecule has 0 aromatic heterocycles. The normalized spacial score (nSPS) is 36.7. The van der Waals surface area contributed by atoms with Gasteiger partial charge >= 0.3 is 23.9 Å². The van der Waals surface area contributed by atoms with Gasteiger partial charge in [-0.1, -0.05) is 13.8 Å². The van der Waals surface area contributed by atoms with Crippen LogP contribution in [-0.2, 0) is 38.1 Å². The molecule has 0 aromatic carbocycles. The van der Waals surface area contributed by atoms with Gasteiger partial charge in [-0.15, -0.1) is 0 Å². The molecule has 7 fully saturated rings. The molecule has 0 aliphatic heterocycles. The Hall–Kier alpha value is -2.12. The van der Waals surface area contributed by atoms with E-state index in [1.165, 1.54) is 0 Å². The van der Waals surface area contributed by atoms with Gasteiger partial charge in [-0.05, 0) is 137 Å². The summed E-state index contributed by atoms with van der Waals surface area (Å²) < 4.78 is 26.0. The van der Waals surface area contributed by atoms with Crippen LogP contribution >= 0.6 is 0 Å². The number of carbonyl (C=O) groups excluding carboxylic acids is 4. The number of hydrogen-bond acceptors (Lipinski definition) is 8. The lowest BCUT2D eigenvalue weighted by atomic mass is 9.38. The van der Waals surface area contributed by atoms with E-state index in [0.717, 1.165) is 83.5 Å². The second kappa shape index (κ2) is 11.2. The zero-order valence-electron chi connectivity index (χ0n) is 29.4. The molecule has 2 atom stereocenters. The fourth-order valence-electron chi connectivity index (χ4n) is 10.7. The Morgan fingerprint density at radius 3 is 1.28 bits per heavy atom. The lowest BCUT2D eigenvalue weighted by molar-refractivity contribution is -0.266. The van der Waals surface area contributed by atoms with Gasteiger partial charge in [0.1, 0.15) is 22.4 Å². The Balaban J connectivity index is 1.45. The number of carbonyl (C=O) groups is 4. The molecule has 46 heavy (non-hydrogen) atoms. The van der Waals surface area contributed by atoms with Crippen molar-refractivity contribution in [1.82, 2.24) is 0 Å². The average Bonchev–Trinajstić information content (AvgIpc) is 3.74. The largest absolute Gasteiger partial charge is 0.459 e. The summed E-state index contributed by atoms with van der Waals surface area (Å²) in [6.07, 6.45) is 13.6. The van der Waals surface area contributed by atoms with E-state index in [4.69, 9.17) is 18.9 Å². The van der Waals surface area contributed by atoms with Crippen molar-refractivity contribution in [3.05, 3.63) is 0 Å². The molecule has 4 bridgehead atoms. The van der Waals surface area contributed by atoms with Crippen LogP contribution in [0.15, 0.2) is 0 Å². The maximum atomic E-state index is 14.8. The zero-order valence-corrected chi connectivity index (χ0v) is 29.4. The Bertz CT molecular complexity index is 1190. The van der Waals surface area contributed by atoms with Gasteiger partial charge in [-0.25, -0.2) is 0 Å². The van der Waals surface area contributed by atoms with Crippen molar-refractivity contribution < 1.29 is 38.1 Å². The summed E-state index contributed by atoms with van der Waals surface area (Å²) in [5, 5.41) is 0. The SMILES string of the molecule is CCC1(OC(=O)C23CC4(OC(=O)C(C)(C)CC)CC(C(=O)OC5(C)CCCC5)(CC(C(=O)OC5(C)CCCC5)(C4)C2)C3)CCCC1. The van der Waals surface area contributed by atoms with Gasteiger partial charge in [0.2, 0.25) is 0 Å². The number of ether oxygens (including phenoxy) is 4. The second-order valence-electron chi connectivity index (χ2n) is 17.9. The third kappa shape index (κ3) is 5.69. The Morgan fingerprint density at radius 2 is 0.913 bits per heavy atom. The highest BCUT2D eigenvalue weighted by molar-refractivity contribution is 5.89. The van der Waals surface area contributed by atoms with Crippen LogP contribution in [-0.4, -0.2) is 46.3 Å². The number of esters is 4. The Labute approximate surface area is 275 Å². The molecule has 0 aromatic rings. The molecule has 7 aliphatic rings. The van der Waals surface area contributed by atoms with E-state index in [2.05, 4.69) is 6.92 Å². The molecule has 0 heterocycles. The van der Waals surface area contributed by atoms with Crippen LogP contribution in [0.5, 0.6) is 0 Å². The predicted molar refractivity (Wildman–Crippen MR) is 171 cm³/mol. The fraction of sp³-hybridized carbons (Fsp3) is 0.895. The molecule has 7 saturated carbocycles. The van der Waals surface area contributed by atoms with Crippen LogP contribution in [0.2, 0.25) is 0 Å². The Kier molecular flexibility index (Phi) is 8.24. The molecule has 7 aliphatic carbocycles. The first kappa shape index (κ1) is 33.8. The summed E-state index contributed by atoms with van der Waals surface area (Å²) in [4.78, 5) is 58.0. The molecule has 2 unspecified atom stereocenters. The lowest BCUT2D eigenvalue weighted by Crippen LogP contribution is -2.71. The quantitative estimate of drug-likeness (QED) is 0.174.